The van der Waals surface area contributed by atoms with Crippen LogP contribution in [0.25, 0.3) is 0 Å². The molecule has 21 heavy (non-hydrogen) atoms. The number of amides is 1. The molecule has 0 spiro atoms. The average Bonchev–Trinajstić information content (AvgIpc) is 2.91. The highest BCUT2D eigenvalue weighted by Gasteiger charge is 2.36. The zero-order valence-corrected chi connectivity index (χ0v) is 13.9. The Morgan fingerprint density at radius 2 is 2.00 bits per heavy atom. The summed E-state index contributed by atoms with van der Waals surface area (Å²) >= 11 is 3.45. The number of benzene rings is 1. The van der Waals surface area contributed by atoms with Crippen molar-refractivity contribution >= 4 is 21.8 Å². The van der Waals surface area contributed by atoms with Gasteiger partial charge >= 0.3 is 0 Å². The second kappa shape index (κ2) is 5.30. The molecule has 3 rings (SSSR count). The third-order valence-electron chi connectivity index (χ3n) is 3.74. The van der Waals surface area contributed by atoms with Crippen molar-refractivity contribution in [3.8, 4) is 0 Å². The first-order valence-electron chi connectivity index (χ1n) is 7.09. The summed E-state index contributed by atoms with van der Waals surface area (Å²) in [5, 5.41) is 7.64. The van der Waals surface area contributed by atoms with Crippen molar-refractivity contribution in [2.24, 2.45) is 13.0 Å². The quantitative estimate of drug-likeness (QED) is 0.926. The molecular weight excluding hydrogens is 330 g/mol. The summed E-state index contributed by atoms with van der Waals surface area (Å²) < 4.78 is 2.74. The molecule has 0 bridgehead atoms. The van der Waals surface area contributed by atoms with Crippen LogP contribution < -0.4 is 5.32 Å². The highest BCUT2D eigenvalue weighted by Crippen LogP contribution is 2.34. The van der Waals surface area contributed by atoms with Crippen molar-refractivity contribution in [1.29, 1.82) is 0 Å². The third kappa shape index (κ3) is 2.50. The monoisotopic (exact) mass is 347 g/mol. The maximum absolute atomic E-state index is 12.3. The Labute approximate surface area is 132 Å². The van der Waals surface area contributed by atoms with Gasteiger partial charge in [0.15, 0.2) is 0 Å². The van der Waals surface area contributed by atoms with E-state index in [2.05, 4.69) is 40.2 Å². The standard InChI is InChI=1S/C16H18BrN3O/c1-9(2)8-12-13-14(10-4-6-11(17)7-5-10)18-16(21)15(13)20(3)19-12/h4-7,9,14H,8H2,1-3H3,(H,18,21). The van der Waals surface area contributed by atoms with Crippen LogP contribution in [0.3, 0.4) is 0 Å². The Hall–Kier alpha value is -1.62. The van der Waals surface area contributed by atoms with E-state index in [4.69, 9.17) is 0 Å². The number of fused-ring (bicyclic) bond motifs is 1. The van der Waals surface area contributed by atoms with Gasteiger partial charge in [0, 0.05) is 17.1 Å². The Morgan fingerprint density at radius 1 is 1.33 bits per heavy atom. The summed E-state index contributed by atoms with van der Waals surface area (Å²) in [5.74, 6) is 0.466. The lowest BCUT2D eigenvalue weighted by Crippen LogP contribution is -2.22. The fourth-order valence-corrected chi connectivity index (χ4v) is 3.15. The molecule has 2 aromatic rings. The number of hydrogen-bond donors (Lipinski definition) is 1. The molecule has 1 aliphatic heterocycles. The van der Waals surface area contributed by atoms with Crippen molar-refractivity contribution in [2.45, 2.75) is 26.3 Å². The van der Waals surface area contributed by atoms with Gasteiger partial charge in [-0.25, -0.2) is 0 Å². The number of carbonyl (C=O) groups excluding carboxylic acids is 1. The summed E-state index contributed by atoms with van der Waals surface area (Å²) in [4.78, 5) is 12.3. The lowest BCUT2D eigenvalue weighted by atomic mass is 9.96. The zero-order valence-electron chi connectivity index (χ0n) is 12.4. The highest BCUT2D eigenvalue weighted by atomic mass is 79.9. The van der Waals surface area contributed by atoms with Crippen molar-refractivity contribution in [3.05, 3.63) is 51.3 Å². The van der Waals surface area contributed by atoms with Gasteiger partial charge in [0.25, 0.3) is 5.91 Å². The lowest BCUT2D eigenvalue weighted by molar-refractivity contribution is 0.0951. The molecule has 1 aliphatic rings. The predicted molar refractivity (Wildman–Crippen MR) is 85.2 cm³/mol. The van der Waals surface area contributed by atoms with Gasteiger partial charge in [-0.2, -0.15) is 5.10 Å². The van der Waals surface area contributed by atoms with E-state index in [1.165, 1.54) is 0 Å². The van der Waals surface area contributed by atoms with E-state index in [1.54, 1.807) is 4.68 Å². The van der Waals surface area contributed by atoms with Gasteiger partial charge in [0.2, 0.25) is 0 Å². The third-order valence-corrected chi connectivity index (χ3v) is 4.27. The normalized spacial score (nSPS) is 17.2. The first-order valence-corrected chi connectivity index (χ1v) is 7.88. The smallest absolute Gasteiger partial charge is 0.270 e. The van der Waals surface area contributed by atoms with Gasteiger partial charge in [-0.15, -0.1) is 0 Å². The van der Waals surface area contributed by atoms with Crippen molar-refractivity contribution in [2.75, 3.05) is 0 Å². The molecule has 1 atom stereocenters. The van der Waals surface area contributed by atoms with Gasteiger partial charge in [0.05, 0.1) is 11.7 Å². The summed E-state index contributed by atoms with van der Waals surface area (Å²) in [5.41, 5.74) is 3.84. The minimum atomic E-state index is -0.0944. The molecule has 1 unspecified atom stereocenters. The molecule has 4 nitrogen and oxygen atoms in total. The molecule has 1 aromatic carbocycles. The molecule has 0 saturated carbocycles. The Kier molecular flexibility index (Phi) is 3.61. The Bertz CT molecular complexity index is 688. The van der Waals surface area contributed by atoms with Crippen molar-refractivity contribution in [1.82, 2.24) is 15.1 Å². The van der Waals surface area contributed by atoms with Crippen LogP contribution in [0.5, 0.6) is 0 Å². The number of nitrogens with one attached hydrogen (secondary N) is 1. The largest absolute Gasteiger partial charge is 0.340 e. The summed E-state index contributed by atoms with van der Waals surface area (Å²) in [6.07, 6.45) is 0.880. The van der Waals surface area contributed by atoms with E-state index < -0.39 is 0 Å². The maximum Gasteiger partial charge on any atom is 0.270 e. The van der Waals surface area contributed by atoms with Crippen molar-refractivity contribution < 1.29 is 4.79 Å². The topological polar surface area (TPSA) is 46.9 Å². The number of aryl methyl sites for hydroxylation is 1. The second-order valence-corrected chi connectivity index (χ2v) is 6.80. The fraction of sp³-hybridized carbons (Fsp3) is 0.375. The number of halogens is 1. The summed E-state index contributed by atoms with van der Waals surface area (Å²) in [7, 11) is 1.84. The molecular formula is C16H18BrN3O. The van der Waals surface area contributed by atoms with Crippen LogP contribution in [0.4, 0.5) is 0 Å². The average molecular weight is 348 g/mol. The number of rotatable bonds is 3. The molecule has 0 fully saturated rings. The number of nitrogens with zero attached hydrogens (tertiary/aromatic N) is 2. The molecule has 2 heterocycles. The zero-order chi connectivity index (χ0) is 15.1. The lowest BCUT2D eigenvalue weighted by Gasteiger charge is -2.14. The second-order valence-electron chi connectivity index (χ2n) is 5.89. The van der Waals surface area contributed by atoms with E-state index in [0.29, 0.717) is 11.6 Å². The number of hydrogen-bond acceptors (Lipinski definition) is 2. The van der Waals surface area contributed by atoms with Gasteiger partial charge in [-0.3, -0.25) is 9.48 Å². The van der Waals surface area contributed by atoms with E-state index in [-0.39, 0.29) is 11.9 Å². The predicted octanol–water partition coefficient (Wildman–Crippen LogP) is 3.21. The molecule has 1 N–H and O–H groups in total. The maximum atomic E-state index is 12.3. The van der Waals surface area contributed by atoms with Crippen LogP contribution in [-0.2, 0) is 13.5 Å². The SMILES string of the molecule is CC(C)Cc1nn(C)c2c1C(c1ccc(Br)cc1)NC2=O. The van der Waals surface area contributed by atoms with Crippen molar-refractivity contribution in [3.63, 3.8) is 0 Å². The van der Waals surface area contributed by atoms with E-state index in [0.717, 1.165) is 27.7 Å². The highest BCUT2D eigenvalue weighted by molar-refractivity contribution is 9.10. The molecule has 110 valence electrons. The first-order chi connectivity index (χ1) is 9.97. The van der Waals surface area contributed by atoms with E-state index in [1.807, 2.05) is 31.3 Å². The van der Waals surface area contributed by atoms with Crippen LogP contribution in [0.2, 0.25) is 0 Å². The number of carbonyl (C=O) groups is 1. The van der Waals surface area contributed by atoms with Gasteiger partial charge < -0.3 is 5.32 Å². The van der Waals surface area contributed by atoms with Crippen LogP contribution >= 0.6 is 15.9 Å². The molecule has 0 radical (unpaired) electrons. The minimum absolute atomic E-state index is 0.0390. The summed E-state index contributed by atoms with van der Waals surface area (Å²) in [6, 6.07) is 7.98. The van der Waals surface area contributed by atoms with Gasteiger partial charge in [-0.05, 0) is 30.0 Å². The van der Waals surface area contributed by atoms with Crippen LogP contribution in [-0.4, -0.2) is 15.7 Å². The summed E-state index contributed by atoms with van der Waals surface area (Å²) in [6.45, 7) is 4.33. The Morgan fingerprint density at radius 3 is 2.62 bits per heavy atom. The van der Waals surface area contributed by atoms with Gasteiger partial charge in [-0.1, -0.05) is 41.9 Å². The first kappa shape index (κ1) is 14.3. The van der Waals surface area contributed by atoms with Crippen LogP contribution in [0, 0.1) is 5.92 Å². The number of aromatic nitrogens is 2. The fourth-order valence-electron chi connectivity index (χ4n) is 2.88. The van der Waals surface area contributed by atoms with E-state index >= 15 is 0 Å². The van der Waals surface area contributed by atoms with Gasteiger partial charge in [0.1, 0.15) is 5.69 Å². The van der Waals surface area contributed by atoms with Crippen LogP contribution in [0.1, 0.15) is 47.2 Å². The molecule has 5 heteroatoms. The molecule has 1 aromatic heterocycles. The Balaban J connectivity index is 2.08. The molecule has 1 amide bonds. The molecule has 0 aliphatic carbocycles. The molecule has 0 saturated heterocycles. The van der Waals surface area contributed by atoms with E-state index in [9.17, 15) is 4.79 Å². The van der Waals surface area contributed by atoms with Crippen LogP contribution in [0.15, 0.2) is 28.7 Å². The minimum Gasteiger partial charge on any atom is -0.340 e.